The van der Waals surface area contributed by atoms with Crippen molar-refractivity contribution in [2.75, 3.05) is 31.6 Å². The number of ether oxygens (including phenoxy) is 1. The van der Waals surface area contributed by atoms with Gasteiger partial charge in [0.2, 0.25) is 0 Å². The van der Waals surface area contributed by atoms with Gasteiger partial charge in [-0.3, -0.25) is 0 Å². The predicted octanol–water partition coefficient (Wildman–Crippen LogP) is 2.89. The van der Waals surface area contributed by atoms with Crippen molar-refractivity contribution in [3.63, 3.8) is 0 Å². The van der Waals surface area contributed by atoms with E-state index in [4.69, 9.17) is 20.4 Å². The molecule has 1 fully saturated rings. The van der Waals surface area contributed by atoms with E-state index in [2.05, 4.69) is 17.9 Å². The van der Waals surface area contributed by atoms with Gasteiger partial charge in [-0.15, -0.1) is 0 Å². The third-order valence-electron chi connectivity index (χ3n) is 4.75. The number of methoxy groups -OCH3 is 1. The maximum atomic E-state index is 5.80. The molecule has 1 aromatic heterocycles. The molecule has 3 rings (SSSR count). The van der Waals surface area contributed by atoms with Crippen LogP contribution in [0.15, 0.2) is 30.3 Å². The van der Waals surface area contributed by atoms with Crippen molar-refractivity contribution >= 4 is 5.82 Å². The van der Waals surface area contributed by atoms with Crippen LogP contribution < -0.4 is 15.4 Å². The number of hydrogen-bond donors (Lipinski definition) is 1. The molecule has 5 heteroatoms. The Hall–Kier alpha value is -2.14. The number of piperidine rings is 1. The molecule has 2 heterocycles. The lowest BCUT2D eigenvalue weighted by molar-refractivity contribution is 0.413. The van der Waals surface area contributed by atoms with Crippen LogP contribution in [0.1, 0.15) is 25.5 Å². The third-order valence-corrected chi connectivity index (χ3v) is 4.75. The van der Waals surface area contributed by atoms with Crippen molar-refractivity contribution in [2.24, 2.45) is 11.7 Å². The lowest BCUT2D eigenvalue weighted by Crippen LogP contribution is -2.36. The summed E-state index contributed by atoms with van der Waals surface area (Å²) in [6, 6.07) is 10.0. The zero-order chi connectivity index (χ0) is 16.9. The van der Waals surface area contributed by atoms with Gasteiger partial charge in [-0.05, 0) is 56.0 Å². The first kappa shape index (κ1) is 16.7. The minimum absolute atomic E-state index is 0.648. The van der Waals surface area contributed by atoms with Crippen LogP contribution in [0.5, 0.6) is 5.75 Å². The first-order chi connectivity index (χ1) is 11.7. The Labute approximate surface area is 143 Å². The van der Waals surface area contributed by atoms with Crippen LogP contribution in [0.3, 0.4) is 0 Å². The van der Waals surface area contributed by atoms with Gasteiger partial charge in [0, 0.05) is 30.4 Å². The third kappa shape index (κ3) is 3.67. The van der Waals surface area contributed by atoms with Crippen LogP contribution in [0.4, 0.5) is 5.82 Å². The Balaban J connectivity index is 1.87. The van der Waals surface area contributed by atoms with E-state index in [-0.39, 0.29) is 0 Å². The Morgan fingerprint density at radius 3 is 2.46 bits per heavy atom. The van der Waals surface area contributed by atoms with E-state index in [9.17, 15) is 0 Å². The average Bonchev–Trinajstić information content (AvgIpc) is 2.67. The largest absolute Gasteiger partial charge is 0.497 e. The Morgan fingerprint density at radius 2 is 1.88 bits per heavy atom. The highest BCUT2D eigenvalue weighted by Gasteiger charge is 2.20. The molecule has 0 saturated carbocycles. The van der Waals surface area contributed by atoms with Crippen molar-refractivity contribution in [3.8, 4) is 17.1 Å². The topological polar surface area (TPSA) is 64.3 Å². The summed E-state index contributed by atoms with van der Waals surface area (Å²) < 4.78 is 5.23. The lowest BCUT2D eigenvalue weighted by Gasteiger charge is -2.32. The summed E-state index contributed by atoms with van der Waals surface area (Å²) in [5.74, 6) is 3.31. The van der Waals surface area contributed by atoms with Crippen LogP contribution in [0.2, 0.25) is 0 Å². The fourth-order valence-corrected chi connectivity index (χ4v) is 3.09. The summed E-state index contributed by atoms with van der Waals surface area (Å²) in [6.07, 6.45) is 3.18. The van der Waals surface area contributed by atoms with Gasteiger partial charge in [-0.2, -0.15) is 0 Å². The zero-order valence-corrected chi connectivity index (χ0v) is 14.5. The van der Waals surface area contributed by atoms with Crippen molar-refractivity contribution in [2.45, 2.75) is 26.2 Å². The highest BCUT2D eigenvalue weighted by molar-refractivity contribution is 5.59. The second-order valence-electron chi connectivity index (χ2n) is 6.29. The Bertz CT molecular complexity index is 664. The molecular weight excluding hydrogens is 300 g/mol. The molecule has 128 valence electrons. The van der Waals surface area contributed by atoms with Gasteiger partial charge in [0.25, 0.3) is 0 Å². The molecule has 0 unspecified atom stereocenters. The number of rotatable bonds is 5. The van der Waals surface area contributed by atoms with Crippen LogP contribution in [-0.4, -0.2) is 36.7 Å². The molecule has 0 aliphatic carbocycles. The summed E-state index contributed by atoms with van der Waals surface area (Å²) in [6.45, 7) is 4.95. The van der Waals surface area contributed by atoms with Crippen LogP contribution in [-0.2, 0) is 6.42 Å². The molecular formula is C19H26N4O. The van der Waals surface area contributed by atoms with Crippen LogP contribution >= 0.6 is 0 Å². The van der Waals surface area contributed by atoms with Gasteiger partial charge in [0.15, 0.2) is 5.82 Å². The highest BCUT2D eigenvalue weighted by Crippen LogP contribution is 2.25. The monoisotopic (exact) mass is 326 g/mol. The molecule has 1 aliphatic heterocycles. The fourth-order valence-electron chi connectivity index (χ4n) is 3.09. The maximum Gasteiger partial charge on any atom is 0.161 e. The van der Waals surface area contributed by atoms with E-state index in [1.165, 1.54) is 0 Å². The number of nitrogens with zero attached hydrogens (tertiary/aromatic N) is 3. The predicted molar refractivity (Wildman–Crippen MR) is 97.4 cm³/mol. The summed E-state index contributed by atoms with van der Waals surface area (Å²) in [7, 11) is 1.67. The smallest absolute Gasteiger partial charge is 0.161 e. The average molecular weight is 326 g/mol. The maximum absolute atomic E-state index is 5.80. The second kappa shape index (κ2) is 7.62. The number of aryl methyl sites for hydroxylation is 1. The SMILES string of the molecule is CCc1cc(N2CCC(CN)CC2)nc(-c2ccc(OC)cc2)n1. The molecule has 1 saturated heterocycles. The van der Waals surface area contributed by atoms with Crippen molar-refractivity contribution in [1.82, 2.24) is 9.97 Å². The molecule has 2 N–H and O–H groups in total. The fraction of sp³-hybridized carbons (Fsp3) is 0.474. The van der Waals surface area contributed by atoms with Gasteiger partial charge >= 0.3 is 0 Å². The zero-order valence-electron chi connectivity index (χ0n) is 14.5. The van der Waals surface area contributed by atoms with Gasteiger partial charge < -0.3 is 15.4 Å². The number of aromatic nitrogens is 2. The Morgan fingerprint density at radius 1 is 1.17 bits per heavy atom. The van der Waals surface area contributed by atoms with E-state index in [1.54, 1.807) is 7.11 Å². The van der Waals surface area contributed by atoms with E-state index >= 15 is 0 Å². The Kier molecular flexibility index (Phi) is 5.30. The number of anilines is 1. The van der Waals surface area contributed by atoms with Crippen molar-refractivity contribution in [3.05, 3.63) is 36.0 Å². The standard InChI is InChI=1S/C19H26N4O/c1-3-16-12-18(23-10-8-14(13-20)9-11-23)22-19(21-16)15-4-6-17(24-2)7-5-15/h4-7,12,14H,3,8-11,13,20H2,1-2H3. The molecule has 0 amide bonds. The molecule has 2 aromatic rings. The lowest BCUT2D eigenvalue weighted by atomic mass is 9.97. The van der Waals surface area contributed by atoms with Crippen molar-refractivity contribution < 1.29 is 4.74 Å². The normalized spacial score (nSPS) is 15.5. The summed E-state index contributed by atoms with van der Waals surface area (Å²) in [5.41, 5.74) is 7.90. The second-order valence-corrected chi connectivity index (χ2v) is 6.29. The first-order valence-electron chi connectivity index (χ1n) is 8.71. The number of benzene rings is 1. The molecule has 1 aromatic carbocycles. The number of nitrogens with two attached hydrogens (primary N) is 1. The first-order valence-corrected chi connectivity index (χ1v) is 8.71. The van der Waals surface area contributed by atoms with Gasteiger partial charge in [-0.25, -0.2) is 9.97 Å². The molecule has 0 atom stereocenters. The van der Waals surface area contributed by atoms with E-state index in [0.29, 0.717) is 5.92 Å². The molecule has 5 nitrogen and oxygen atoms in total. The minimum Gasteiger partial charge on any atom is -0.497 e. The highest BCUT2D eigenvalue weighted by atomic mass is 16.5. The summed E-state index contributed by atoms with van der Waals surface area (Å²) in [5, 5.41) is 0. The molecule has 0 radical (unpaired) electrons. The van der Waals surface area contributed by atoms with E-state index < -0.39 is 0 Å². The molecule has 0 spiro atoms. The van der Waals surface area contributed by atoms with E-state index in [1.807, 2.05) is 24.3 Å². The quantitative estimate of drug-likeness (QED) is 0.915. The minimum atomic E-state index is 0.648. The van der Waals surface area contributed by atoms with Crippen molar-refractivity contribution in [1.29, 1.82) is 0 Å². The van der Waals surface area contributed by atoms with Crippen LogP contribution in [0.25, 0.3) is 11.4 Å². The molecule has 1 aliphatic rings. The van der Waals surface area contributed by atoms with E-state index in [0.717, 1.165) is 67.5 Å². The summed E-state index contributed by atoms with van der Waals surface area (Å²) in [4.78, 5) is 11.9. The summed E-state index contributed by atoms with van der Waals surface area (Å²) >= 11 is 0. The molecule has 0 bridgehead atoms. The van der Waals surface area contributed by atoms with Gasteiger partial charge in [0.05, 0.1) is 7.11 Å². The molecule has 24 heavy (non-hydrogen) atoms. The van der Waals surface area contributed by atoms with Crippen LogP contribution in [0, 0.1) is 5.92 Å². The van der Waals surface area contributed by atoms with Gasteiger partial charge in [-0.1, -0.05) is 6.92 Å². The number of hydrogen-bond acceptors (Lipinski definition) is 5. The van der Waals surface area contributed by atoms with Gasteiger partial charge in [0.1, 0.15) is 11.6 Å².